The van der Waals surface area contributed by atoms with Crippen LogP contribution in [0.1, 0.15) is 25.5 Å². The molecule has 0 saturated carbocycles. The van der Waals surface area contributed by atoms with Crippen molar-refractivity contribution in [3.05, 3.63) is 40.7 Å². The van der Waals surface area contributed by atoms with Crippen LogP contribution in [0.3, 0.4) is 0 Å². The number of nitrogens with two attached hydrogens (primary N) is 1. The van der Waals surface area contributed by atoms with Gasteiger partial charge in [0.05, 0.1) is 0 Å². The summed E-state index contributed by atoms with van der Waals surface area (Å²) in [6, 6.07) is 4.34. The second-order valence-electron chi connectivity index (χ2n) is 3.72. The maximum Gasteiger partial charge on any atom is 0.131 e. The van der Waals surface area contributed by atoms with Gasteiger partial charge in [0.25, 0.3) is 0 Å². The maximum atomic E-state index is 13.5. The zero-order chi connectivity index (χ0) is 12.1. The van der Waals surface area contributed by atoms with Crippen molar-refractivity contribution in [3.8, 4) is 5.75 Å². The van der Waals surface area contributed by atoms with Gasteiger partial charge in [-0.3, -0.25) is 0 Å². The van der Waals surface area contributed by atoms with E-state index in [0.29, 0.717) is 17.9 Å². The highest BCUT2D eigenvalue weighted by Crippen LogP contribution is 2.20. The van der Waals surface area contributed by atoms with Gasteiger partial charge in [0.15, 0.2) is 0 Å². The van der Waals surface area contributed by atoms with Crippen molar-refractivity contribution in [2.75, 3.05) is 6.61 Å². The van der Waals surface area contributed by atoms with E-state index < -0.39 is 0 Å². The van der Waals surface area contributed by atoms with Crippen molar-refractivity contribution < 1.29 is 9.13 Å². The minimum atomic E-state index is -0.347. The minimum absolute atomic E-state index is 0.321. The molecule has 0 bridgehead atoms. The largest absolute Gasteiger partial charge is 0.489 e. The number of ether oxygens (including phenoxy) is 1. The fourth-order valence-electron chi connectivity index (χ4n) is 1.20. The Morgan fingerprint density at radius 3 is 2.81 bits per heavy atom. The topological polar surface area (TPSA) is 35.2 Å². The lowest BCUT2D eigenvalue weighted by atomic mass is 10.1. The number of rotatable bonds is 4. The molecular formula is C12H15ClFNO. The molecule has 0 aromatic heterocycles. The average Bonchev–Trinajstić information content (AvgIpc) is 2.25. The van der Waals surface area contributed by atoms with Gasteiger partial charge in [0.1, 0.15) is 18.2 Å². The van der Waals surface area contributed by atoms with E-state index in [1.807, 2.05) is 6.92 Å². The molecule has 16 heavy (non-hydrogen) atoms. The van der Waals surface area contributed by atoms with Gasteiger partial charge in [-0.05, 0) is 25.5 Å². The highest BCUT2D eigenvalue weighted by Gasteiger charge is 2.07. The molecule has 0 heterocycles. The van der Waals surface area contributed by atoms with Crippen LogP contribution in [-0.2, 0) is 0 Å². The third-order valence-electron chi connectivity index (χ3n) is 2.12. The normalized spacial score (nSPS) is 13.7. The number of halogens is 2. The molecule has 2 nitrogen and oxygen atoms in total. The van der Waals surface area contributed by atoms with Crippen LogP contribution in [0.4, 0.5) is 4.39 Å². The molecule has 0 aliphatic carbocycles. The second kappa shape index (κ2) is 5.87. The van der Waals surface area contributed by atoms with Gasteiger partial charge in [-0.2, -0.15) is 0 Å². The molecule has 0 aliphatic heterocycles. The first kappa shape index (κ1) is 13.0. The number of hydrogen-bond acceptors (Lipinski definition) is 2. The SMILES string of the molecule is C/C(=C\Cl)COc1ccc([C@H](C)N)c(F)c1. The lowest BCUT2D eigenvalue weighted by Crippen LogP contribution is -2.07. The molecule has 4 heteroatoms. The Morgan fingerprint density at radius 2 is 2.31 bits per heavy atom. The van der Waals surface area contributed by atoms with Gasteiger partial charge in [0.2, 0.25) is 0 Å². The van der Waals surface area contributed by atoms with Crippen molar-refractivity contribution in [1.29, 1.82) is 0 Å². The highest BCUT2D eigenvalue weighted by atomic mass is 35.5. The Kier molecular flexibility index (Phi) is 4.77. The summed E-state index contributed by atoms with van der Waals surface area (Å²) in [6.45, 7) is 3.92. The number of benzene rings is 1. The molecule has 0 aliphatic rings. The predicted molar refractivity (Wildman–Crippen MR) is 64.1 cm³/mol. The Labute approximate surface area is 99.9 Å². The monoisotopic (exact) mass is 243 g/mol. The van der Waals surface area contributed by atoms with E-state index in [1.165, 1.54) is 11.6 Å². The Bertz CT molecular complexity index is 391. The van der Waals surface area contributed by atoms with E-state index in [4.69, 9.17) is 22.1 Å². The summed E-state index contributed by atoms with van der Waals surface area (Å²) in [6.07, 6.45) is 0. The van der Waals surface area contributed by atoms with Crippen molar-refractivity contribution in [1.82, 2.24) is 0 Å². The standard InChI is InChI=1S/C12H15ClFNO/c1-8(6-13)7-16-10-3-4-11(9(2)15)12(14)5-10/h3-6,9H,7,15H2,1-2H3/b8-6+/t9-/m0/s1. The van der Waals surface area contributed by atoms with Crippen molar-refractivity contribution in [3.63, 3.8) is 0 Å². The Morgan fingerprint density at radius 1 is 1.62 bits per heavy atom. The van der Waals surface area contributed by atoms with Crippen LogP contribution in [0.25, 0.3) is 0 Å². The van der Waals surface area contributed by atoms with Gasteiger partial charge >= 0.3 is 0 Å². The van der Waals surface area contributed by atoms with Crippen LogP contribution in [0.5, 0.6) is 5.75 Å². The molecule has 0 spiro atoms. The van der Waals surface area contributed by atoms with Crippen molar-refractivity contribution in [2.45, 2.75) is 19.9 Å². The van der Waals surface area contributed by atoms with Crippen molar-refractivity contribution >= 4 is 11.6 Å². The molecule has 0 radical (unpaired) electrons. The average molecular weight is 244 g/mol. The second-order valence-corrected chi connectivity index (χ2v) is 3.93. The van der Waals surface area contributed by atoms with Crippen LogP contribution in [0, 0.1) is 5.82 Å². The fourth-order valence-corrected chi connectivity index (χ4v) is 1.26. The first-order valence-corrected chi connectivity index (χ1v) is 5.42. The minimum Gasteiger partial charge on any atom is -0.489 e. The van der Waals surface area contributed by atoms with Gasteiger partial charge in [-0.1, -0.05) is 17.7 Å². The van der Waals surface area contributed by atoms with E-state index in [9.17, 15) is 4.39 Å². The van der Waals surface area contributed by atoms with E-state index in [-0.39, 0.29) is 11.9 Å². The first-order chi connectivity index (χ1) is 7.54. The van der Waals surface area contributed by atoms with E-state index in [2.05, 4.69) is 0 Å². The van der Waals surface area contributed by atoms with E-state index >= 15 is 0 Å². The quantitative estimate of drug-likeness (QED) is 0.880. The molecular weight excluding hydrogens is 229 g/mol. The van der Waals surface area contributed by atoms with Crippen LogP contribution in [0.15, 0.2) is 29.3 Å². The molecule has 0 saturated heterocycles. The van der Waals surface area contributed by atoms with Crippen LogP contribution in [0.2, 0.25) is 0 Å². The molecule has 0 unspecified atom stereocenters. The summed E-state index contributed by atoms with van der Waals surface area (Å²) < 4.78 is 18.8. The first-order valence-electron chi connectivity index (χ1n) is 4.98. The summed E-state index contributed by atoms with van der Waals surface area (Å²) in [5, 5.41) is 0. The molecule has 2 N–H and O–H groups in total. The molecule has 0 amide bonds. The lowest BCUT2D eigenvalue weighted by molar-refractivity contribution is 0.350. The zero-order valence-corrected chi connectivity index (χ0v) is 10.1. The van der Waals surface area contributed by atoms with E-state index in [0.717, 1.165) is 5.57 Å². The van der Waals surface area contributed by atoms with Crippen molar-refractivity contribution in [2.24, 2.45) is 5.73 Å². The Balaban J connectivity index is 2.74. The van der Waals surface area contributed by atoms with Crippen LogP contribution < -0.4 is 10.5 Å². The molecule has 1 aromatic rings. The zero-order valence-electron chi connectivity index (χ0n) is 9.34. The summed E-state index contributed by atoms with van der Waals surface area (Å²) in [5.41, 5.74) is 8.39. The summed E-state index contributed by atoms with van der Waals surface area (Å²) in [5.74, 6) is 0.125. The third kappa shape index (κ3) is 3.51. The van der Waals surface area contributed by atoms with E-state index in [1.54, 1.807) is 19.1 Å². The lowest BCUT2D eigenvalue weighted by Gasteiger charge is -2.10. The number of hydrogen-bond donors (Lipinski definition) is 1. The molecule has 1 aromatic carbocycles. The third-order valence-corrected chi connectivity index (χ3v) is 2.49. The van der Waals surface area contributed by atoms with Gasteiger partial charge in [-0.25, -0.2) is 4.39 Å². The summed E-state index contributed by atoms with van der Waals surface area (Å²) >= 11 is 5.48. The smallest absolute Gasteiger partial charge is 0.131 e. The summed E-state index contributed by atoms with van der Waals surface area (Å²) in [4.78, 5) is 0. The molecule has 88 valence electrons. The molecule has 1 rings (SSSR count). The highest BCUT2D eigenvalue weighted by molar-refractivity contribution is 6.25. The van der Waals surface area contributed by atoms with Gasteiger partial charge in [0, 0.05) is 23.2 Å². The Hall–Kier alpha value is -1.06. The van der Waals surface area contributed by atoms with Gasteiger partial charge < -0.3 is 10.5 Å². The van der Waals surface area contributed by atoms with Crippen LogP contribution in [-0.4, -0.2) is 6.61 Å². The predicted octanol–water partition coefficient (Wildman–Crippen LogP) is 3.37. The molecule has 0 fully saturated rings. The van der Waals surface area contributed by atoms with Crippen LogP contribution >= 0.6 is 11.6 Å². The molecule has 1 atom stereocenters. The fraction of sp³-hybridized carbons (Fsp3) is 0.333. The van der Waals surface area contributed by atoms with Gasteiger partial charge in [-0.15, -0.1) is 0 Å². The maximum absolute atomic E-state index is 13.5. The summed E-state index contributed by atoms with van der Waals surface area (Å²) in [7, 11) is 0.